The largest absolute Gasteiger partial charge is 0.337 e. The normalized spacial score (nSPS) is 10.8. The third kappa shape index (κ3) is 3.69. The molecule has 1 N–H and O–H groups in total. The number of hydrogen-bond donors (Lipinski definition) is 1. The van der Waals surface area contributed by atoms with Crippen molar-refractivity contribution < 1.29 is 9.85 Å². The summed E-state index contributed by atoms with van der Waals surface area (Å²) in [5.41, 5.74) is 3.00. The van der Waals surface area contributed by atoms with Crippen molar-refractivity contribution in [3.05, 3.63) is 91.2 Å². The van der Waals surface area contributed by atoms with Gasteiger partial charge >= 0.3 is 0 Å². The molecule has 0 bridgehead atoms. The van der Waals surface area contributed by atoms with Crippen LogP contribution in [0, 0.1) is 34.1 Å². The average molecular weight is 450 g/mol. The lowest BCUT2D eigenvalue weighted by Crippen LogP contribution is -2.02. The van der Waals surface area contributed by atoms with Gasteiger partial charge in [0.25, 0.3) is 11.4 Å². The Morgan fingerprint density at radius 2 is 1.44 bits per heavy atom. The number of nitro groups is 2. The van der Waals surface area contributed by atoms with Crippen LogP contribution in [0.4, 0.5) is 11.4 Å². The number of aromatic amines is 1. The van der Waals surface area contributed by atoms with Crippen molar-refractivity contribution in [2.75, 3.05) is 0 Å². The van der Waals surface area contributed by atoms with Gasteiger partial charge in [0.15, 0.2) is 0 Å². The average Bonchev–Trinajstić information content (AvgIpc) is 3.19. The number of nitrogens with one attached hydrogen (secondary N) is 1. The number of aromatic nitrogens is 3. The Kier molecular flexibility index (Phi) is 5.41. The number of H-pyrrole nitrogens is 1. The SMILES string of the molecule is Cc1c([N+](=O)[O-])cc([N+](=O)[O-])c(C)c1-c1nc(-c2ccncc2)c(-c2ccc(Cl)cc2)[nH]1. The van der Waals surface area contributed by atoms with E-state index in [4.69, 9.17) is 16.6 Å². The van der Waals surface area contributed by atoms with E-state index in [0.717, 1.165) is 17.2 Å². The van der Waals surface area contributed by atoms with E-state index < -0.39 is 9.85 Å². The fraction of sp³-hybridized carbons (Fsp3) is 0.0909. The van der Waals surface area contributed by atoms with Gasteiger partial charge < -0.3 is 4.98 Å². The molecule has 0 radical (unpaired) electrons. The van der Waals surface area contributed by atoms with Gasteiger partial charge in [-0.05, 0) is 38.1 Å². The van der Waals surface area contributed by atoms with Crippen LogP contribution in [0.3, 0.4) is 0 Å². The van der Waals surface area contributed by atoms with E-state index in [9.17, 15) is 20.2 Å². The van der Waals surface area contributed by atoms with Crippen molar-refractivity contribution in [3.8, 4) is 33.9 Å². The summed E-state index contributed by atoms with van der Waals surface area (Å²) in [6.07, 6.45) is 3.26. The van der Waals surface area contributed by atoms with E-state index in [0.29, 0.717) is 27.8 Å². The molecule has 0 amide bonds. The molecule has 0 saturated heterocycles. The Labute approximate surface area is 187 Å². The Balaban J connectivity index is 2.03. The molecule has 10 heteroatoms. The molecule has 0 aliphatic rings. The van der Waals surface area contributed by atoms with Crippen molar-refractivity contribution >= 4 is 23.0 Å². The van der Waals surface area contributed by atoms with Gasteiger partial charge in [0.2, 0.25) is 0 Å². The van der Waals surface area contributed by atoms with Crippen molar-refractivity contribution in [1.29, 1.82) is 0 Å². The highest BCUT2D eigenvalue weighted by molar-refractivity contribution is 6.30. The lowest BCUT2D eigenvalue weighted by molar-refractivity contribution is -0.394. The molecule has 0 unspecified atom stereocenters. The van der Waals surface area contributed by atoms with Gasteiger partial charge in [0.1, 0.15) is 5.82 Å². The summed E-state index contributed by atoms with van der Waals surface area (Å²) in [5.74, 6) is 0.295. The number of hydrogen-bond acceptors (Lipinski definition) is 6. The van der Waals surface area contributed by atoms with Crippen LogP contribution in [0.2, 0.25) is 5.02 Å². The lowest BCUT2D eigenvalue weighted by atomic mass is 9.98. The highest BCUT2D eigenvalue weighted by atomic mass is 35.5. The maximum atomic E-state index is 11.6. The second kappa shape index (κ2) is 8.20. The van der Waals surface area contributed by atoms with Gasteiger partial charge in [-0.25, -0.2) is 4.98 Å². The number of nitrogens with zero attached hydrogens (tertiary/aromatic N) is 4. The molecule has 4 rings (SSSR count). The Bertz CT molecular complexity index is 1310. The Morgan fingerprint density at radius 3 is 1.97 bits per heavy atom. The van der Waals surface area contributed by atoms with Crippen molar-refractivity contribution in [2.24, 2.45) is 0 Å². The highest BCUT2D eigenvalue weighted by Gasteiger charge is 2.28. The molecule has 0 saturated carbocycles. The minimum absolute atomic E-state index is 0.288. The molecule has 2 aromatic heterocycles. The van der Waals surface area contributed by atoms with Crippen LogP contribution in [0.15, 0.2) is 54.9 Å². The van der Waals surface area contributed by atoms with Crippen LogP contribution in [-0.2, 0) is 0 Å². The minimum Gasteiger partial charge on any atom is -0.337 e. The van der Waals surface area contributed by atoms with Gasteiger partial charge in [0.05, 0.1) is 27.3 Å². The molecule has 0 fully saturated rings. The summed E-state index contributed by atoms with van der Waals surface area (Å²) in [5, 5.41) is 23.7. The molecular weight excluding hydrogens is 434 g/mol. The molecular formula is C22H16ClN5O4. The second-order valence-electron chi connectivity index (χ2n) is 7.11. The first-order chi connectivity index (χ1) is 15.3. The number of benzene rings is 2. The third-order valence-electron chi connectivity index (χ3n) is 5.21. The first-order valence-electron chi connectivity index (χ1n) is 9.47. The van der Waals surface area contributed by atoms with Crippen LogP contribution in [0.1, 0.15) is 11.1 Å². The van der Waals surface area contributed by atoms with E-state index in [-0.39, 0.29) is 22.5 Å². The maximum absolute atomic E-state index is 11.6. The van der Waals surface area contributed by atoms with Gasteiger partial charge in [-0.15, -0.1) is 0 Å². The number of halogens is 1. The topological polar surface area (TPSA) is 128 Å². The van der Waals surface area contributed by atoms with Crippen LogP contribution < -0.4 is 0 Å². The molecule has 0 aliphatic carbocycles. The molecule has 0 atom stereocenters. The lowest BCUT2D eigenvalue weighted by Gasteiger charge is -2.08. The molecule has 2 aromatic carbocycles. The molecule has 0 spiro atoms. The molecule has 9 nitrogen and oxygen atoms in total. The van der Waals surface area contributed by atoms with E-state index >= 15 is 0 Å². The zero-order valence-corrected chi connectivity index (χ0v) is 17.8. The summed E-state index contributed by atoms with van der Waals surface area (Å²) < 4.78 is 0. The van der Waals surface area contributed by atoms with E-state index in [2.05, 4.69) is 9.97 Å². The van der Waals surface area contributed by atoms with Gasteiger partial charge in [-0.3, -0.25) is 25.2 Å². The standard InChI is InChI=1S/C22H16ClN5O4/c1-12-17(27(29)30)11-18(28(31)32)13(2)19(12)22-25-20(14-3-5-16(23)6-4-14)21(26-22)15-7-9-24-10-8-15/h3-11H,1-2H3,(H,25,26). The number of nitro benzene ring substituents is 2. The van der Waals surface area contributed by atoms with Gasteiger partial charge in [0, 0.05) is 45.2 Å². The van der Waals surface area contributed by atoms with E-state index in [1.165, 1.54) is 0 Å². The Hall–Kier alpha value is -4.11. The number of pyridine rings is 1. The first kappa shape index (κ1) is 21.1. The summed E-state index contributed by atoms with van der Waals surface area (Å²) in [6.45, 7) is 3.11. The summed E-state index contributed by atoms with van der Waals surface area (Å²) in [4.78, 5) is 33.9. The zero-order chi connectivity index (χ0) is 23.0. The minimum atomic E-state index is -0.627. The first-order valence-corrected chi connectivity index (χ1v) is 9.85. The molecule has 160 valence electrons. The van der Waals surface area contributed by atoms with Crippen LogP contribution in [0.5, 0.6) is 0 Å². The van der Waals surface area contributed by atoms with Crippen LogP contribution in [0.25, 0.3) is 33.9 Å². The fourth-order valence-electron chi connectivity index (χ4n) is 3.65. The zero-order valence-electron chi connectivity index (χ0n) is 17.0. The summed E-state index contributed by atoms with van der Waals surface area (Å²) in [6, 6.07) is 11.7. The van der Waals surface area contributed by atoms with E-state index in [1.54, 1.807) is 50.5 Å². The molecule has 0 aliphatic heterocycles. The smallest absolute Gasteiger partial charge is 0.279 e. The van der Waals surface area contributed by atoms with E-state index in [1.807, 2.05) is 12.1 Å². The predicted octanol–water partition coefficient (Wildman–Crippen LogP) is 5.89. The molecule has 32 heavy (non-hydrogen) atoms. The number of rotatable bonds is 5. The Morgan fingerprint density at radius 1 is 0.875 bits per heavy atom. The second-order valence-corrected chi connectivity index (χ2v) is 7.54. The van der Waals surface area contributed by atoms with Crippen molar-refractivity contribution in [1.82, 2.24) is 15.0 Å². The quantitative estimate of drug-likeness (QED) is 0.298. The number of imidazole rings is 1. The fourth-order valence-corrected chi connectivity index (χ4v) is 3.78. The van der Waals surface area contributed by atoms with Gasteiger partial charge in [-0.1, -0.05) is 23.7 Å². The highest BCUT2D eigenvalue weighted by Crippen LogP contribution is 2.40. The molecule has 2 heterocycles. The van der Waals surface area contributed by atoms with Crippen LogP contribution >= 0.6 is 11.6 Å². The van der Waals surface area contributed by atoms with Crippen LogP contribution in [-0.4, -0.2) is 24.8 Å². The maximum Gasteiger partial charge on any atom is 0.279 e. The monoisotopic (exact) mass is 449 g/mol. The third-order valence-corrected chi connectivity index (χ3v) is 5.46. The summed E-state index contributed by atoms with van der Waals surface area (Å²) >= 11 is 6.03. The molecule has 4 aromatic rings. The predicted molar refractivity (Wildman–Crippen MR) is 120 cm³/mol. The van der Waals surface area contributed by atoms with Crippen molar-refractivity contribution in [2.45, 2.75) is 13.8 Å². The van der Waals surface area contributed by atoms with Gasteiger partial charge in [-0.2, -0.15) is 0 Å². The van der Waals surface area contributed by atoms with Crippen molar-refractivity contribution in [3.63, 3.8) is 0 Å². The summed E-state index contributed by atoms with van der Waals surface area (Å²) in [7, 11) is 0.